The molecule has 3 aromatic heterocycles. The molecule has 0 unspecified atom stereocenters. The molecule has 0 bridgehead atoms. The Morgan fingerprint density at radius 1 is 1.03 bits per heavy atom. The standard InChI is InChI=1S/C20H19N5.2C2H6/c1-5-13(4)25-19(15-9-8-12-22-18(15)21)24-17-11-10-16(23-20(17)25)14(6-2)7-3;2*1-2/h5-12H,1-2,4H2,3H3,(H2,21,22);2*1-2H3/b14-7+;;. The van der Waals surface area contributed by atoms with Gasteiger partial charge in [0.2, 0.25) is 0 Å². The van der Waals surface area contributed by atoms with Gasteiger partial charge in [-0.15, -0.1) is 0 Å². The molecule has 0 aromatic carbocycles. The summed E-state index contributed by atoms with van der Waals surface area (Å²) in [6.45, 7) is 21.7. The lowest BCUT2D eigenvalue weighted by Gasteiger charge is -2.10. The van der Waals surface area contributed by atoms with Crippen LogP contribution in [0.2, 0.25) is 0 Å². The topological polar surface area (TPSA) is 69.6 Å². The maximum absolute atomic E-state index is 6.04. The van der Waals surface area contributed by atoms with Crippen molar-refractivity contribution >= 4 is 28.3 Å². The lowest BCUT2D eigenvalue weighted by molar-refractivity contribution is 1.11. The second kappa shape index (κ2) is 11.4. The van der Waals surface area contributed by atoms with Crippen LogP contribution in [0, 0.1) is 0 Å². The smallest absolute Gasteiger partial charge is 0.165 e. The average Bonchev–Trinajstić information content (AvgIpc) is 3.16. The maximum atomic E-state index is 6.04. The summed E-state index contributed by atoms with van der Waals surface area (Å²) >= 11 is 0. The summed E-state index contributed by atoms with van der Waals surface area (Å²) in [5, 5.41) is 0. The van der Waals surface area contributed by atoms with E-state index in [9.17, 15) is 0 Å². The van der Waals surface area contributed by atoms with E-state index >= 15 is 0 Å². The molecule has 2 N–H and O–H groups in total. The fraction of sp³-hybridized carbons (Fsp3) is 0.208. The van der Waals surface area contributed by atoms with Crippen molar-refractivity contribution in [2.75, 3.05) is 5.73 Å². The average molecular weight is 390 g/mol. The van der Waals surface area contributed by atoms with Gasteiger partial charge in [0.1, 0.15) is 11.3 Å². The summed E-state index contributed by atoms with van der Waals surface area (Å²) < 4.78 is 1.84. The first-order chi connectivity index (χ1) is 14.1. The van der Waals surface area contributed by atoms with Crippen LogP contribution in [0.1, 0.15) is 40.3 Å². The quantitative estimate of drug-likeness (QED) is 0.514. The first-order valence-electron chi connectivity index (χ1n) is 9.82. The van der Waals surface area contributed by atoms with Gasteiger partial charge in [-0.1, -0.05) is 59.6 Å². The van der Waals surface area contributed by atoms with Crippen molar-refractivity contribution in [1.29, 1.82) is 0 Å². The predicted molar refractivity (Wildman–Crippen MR) is 127 cm³/mol. The third-order valence-electron chi connectivity index (χ3n) is 3.93. The van der Waals surface area contributed by atoms with Crippen LogP contribution in [0.15, 0.2) is 68.4 Å². The van der Waals surface area contributed by atoms with Gasteiger partial charge in [-0.3, -0.25) is 4.57 Å². The molecular weight excluding hydrogens is 358 g/mol. The number of nitrogen functional groups attached to an aromatic ring is 1. The Kier molecular flexibility index (Phi) is 9.26. The lowest BCUT2D eigenvalue weighted by atomic mass is 10.1. The largest absolute Gasteiger partial charge is 0.383 e. The minimum atomic E-state index is 0.399. The van der Waals surface area contributed by atoms with E-state index in [2.05, 4.69) is 24.7 Å². The van der Waals surface area contributed by atoms with Gasteiger partial charge in [0, 0.05) is 11.9 Å². The summed E-state index contributed by atoms with van der Waals surface area (Å²) in [6.07, 6.45) is 7.05. The molecule has 3 aromatic rings. The number of nitrogens with two attached hydrogens (primary N) is 1. The van der Waals surface area contributed by atoms with Crippen molar-refractivity contribution in [3.63, 3.8) is 0 Å². The molecule has 29 heavy (non-hydrogen) atoms. The molecule has 0 atom stereocenters. The van der Waals surface area contributed by atoms with Crippen molar-refractivity contribution < 1.29 is 0 Å². The number of hydrogen-bond acceptors (Lipinski definition) is 4. The molecule has 0 radical (unpaired) electrons. The van der Waals surface area contributed by atoms with Gasteiger partial charge in [0.05, 0.1) is 11.3 Å². The summed E-state index contributed by atoms with van der Waals surface area (Å²) in [4.78, 5) is 13.6. The zero-order valence-corrected chi connectivity index (χ0v) is 18.1. The Bertz CT molecular complexity index is 1020. The minimum Gasteiger partial charge on any atom is -0.383 e. The summed E-state index contributed by atoms with van der Waals surface area (Å²) in [5.41, 5.74) is 10.6. The van der Waals surface area contributed by atoms with Gasteiger partial charge < -0.3 is 5.73 Å². The highest BCUT2D eigenvalue weighted by molar-refractivity contribution is 5.87. The van der Waals surface area contributed by atoms with Gasteiger partial charge in [0.15, 0.2) is 11.5 Å². The van der Waals surface area contributed by atoms with Gasteiger partial charge in [-0.05, 0) is 42.8 Å². The third-order valence-corrected chi connectivity index (χ3v) is 3.93. The number of allylic oxidation sites excluding steroid dienone is 5. The van der Waals surface area contributed by atoms with Gasteiger partial charge >= 0.3 is 0 Å². The zero-order chi connectivity index (χ0) is 22.0. The molecule has 0 saturated heterocycles. The molecule has 5 heteroatoms. The number of nitrogens with zero attached hydrogens (tertiary/aromatic N) is 4. The number of rotatable bonds is 5. The van der Waals surface area contributed by atoms with Crippen molar-refractivity contribution in [2.24, 2.45) is 0 Å². The number of imidazole rings is 1. The molecular formula is C24H31N5. The molecule has 0 aliphatic heterocycles. The fourth-order valence-electron chi connectivity index (χ4n) is 2.64. The van der Waals surface area contributed by atoms with Crippen LogP contribution in [0.25, 0.3) is 33.8 Å². The molecule has 3 heterocycles. The first-order valence-corrected chi connectivity index (χ1v) is 9.82. The third kappa shape index (κ3) is 4.88. The zero-order valence-electron chi connectivity index (χ0n) is 18.1. The number of aromatic nitrogens is 4. The lowest BCUT2D eigenvalue weighted by Crippen LogP contribution is -2.02. The highest BCUT2D eigenvalue weighted by atomic mass is 15.1. The Balaban J connectivity index is 0.000000989. The highest BCUT2D eigenvalue weighted by Gasteiger charge is 2.18. The molecule has 5 nitrogen and oxygen atoms in total. The normalized spacial score (nSPS) is 10.3. The van der Waals surface area contributed by atoms with Crippen LogP contribution in [-0.2, 0) is 0 Å². The van der Waals surface area contributed by atoms with Crippen molar-refractivity contribution in [2.45, 2.75) is 34.6 Å². The SMILES string of the molecule is C=CC(=C)n1c(-c2cccnc2N)nc2ccc(/C(C=C)=C/C)nc21.CC.CC. The Morgan fingerprint density at radius 3 is 2.28 bits per heavy atom. The number of hydrogen-bond donors (Lipinski definition) is 1. The van der Waals surface area contributed by atoms with Crippen LogP contribution in [-0.4, -0.2) is 19.5 Å². The van der Waals surface area contributed by atoms with Gasteiger partial charge in [0.25, 0.3) is 0 Å². The molecule has 3 rings (SSSR count). The second-order valence-electron chi connectivity index (χ2n) is 5.39. The summed E-state index contributed by atoms with van der Waals surface area (Å²) in [7, 11) is 0. The van der Waals surface area contributed by atoms with Crippen molar-refractivity contribution in [1.82, 2.24) is 19.5 Å². The van der Waals surface area contributed by atoms with E-state index < -0.39 is 0 Å². The number of pyridine rings is 2. The Labute approximate surface area is 174 Å². The monoisotopic (exact) mass is 389 g/mol. The number of anilines is 1. The molecule has 0 amide bonds. The molecule has 0 aliphatic rings. The van der Waals surface area contributed by atoms with E-state index in [1.165, 1.54) is 0 Å². The van der Waals surface area contributed by atoms with Gasteiger partial charge in [-0.2, -0.15) is 0 Å². The number of fused-ring (bicyclic) bond motifs is 1. The van der Waals surface area contributed by atoms with Crippen LogP contribution in [0.5, 0.6) is 0 Å². The van der Waals surface area contributed by atoms with Crippen LogP contribution in [0.4, 0.5) is 5.82 Å². The Hall–Kier alpha value is -3.47. The Morgan fingerprint density at radius 2 is 1.72 bits per heavy atom. The maximum Gasteiger partial charge on any atom is 0.165 e. The fourth-order valence-corrected chi connectivity index (χ4v) is 2.64. The van der Waals surface area contributed by atoms with Crippen LogP contribution < -0.4 is 5.73 Å². The van der Waals surface area contributed by atoms with E-state index in [1.807, 2.05) is 69.5 Å². The van der Waals surface area contributed by atoms with E-state index in [-0.39, 0.29) is 0 Å². The van der Waals surface area contributed by atoms with E-state index in [0.29, 0.717) is 23.0 Å². The van der Waals surface area contributed by atoms with Crippen molar-refractivity contribution in [3.8, 4) is 11.4 Å². The molecule has 152 valence electrons. The molecule has 0 aliphatic carbocycles. The minimum absolute atomic E-state index is 0.399. The predicted octanol–water partition coefficient (Wildman–Crippen LogP) is 6.37. The van der Waals surface area contributed by atoms with Crippen LogP contribution in [0.3, 0.4) is 0 Å². The molecule has 0 fully saturated rings. The molecule has 0 spiro atoms. The summed E-state index contributed by atoms with van der Waals surface area (Å²) in [6, 6.07) is 7.54. The summed E-state index contributed by atoms with van der Waals surface area (Å²) in [5.74, 6) is 1.03. The van der Waals surface area contributed by atoms with Crippen LogP contribution >= 0.6 is 0 Å². The highest BCUT2D eigenvalue weighted by Crippen LogP contribution is 2.30. The second-order valence-corrected chi connectivity index (χ2v) is 5.39. The van der Waals surface area contributed by atoms with Gasteiger partial charge in [-0.25, -0.2) is 15.0 Å². The van der Waals surface area contributed by atoms with E-state index in [0.717, 1.165) is 22.3 Å². The van der Waals surface area contributed by atoms with E-state index in [1.54, 1.807) is 18.3 Å². The first kappa shape index (κ1) is 23.6. The molecule has 0 saturated carbocycles. The van der Waals surface area contributed by atoms with Crippen molar-refractivity contribution in [3.05, 3.63) is 74.1 Å². The van der Waals surface area contributed by atoms with E-state index in [4.69, 9.17) is 15.7 Å².